The maximum atomic E-state index is 11.7. The Morgan fingerprint density at radius 3 is 3.11 bits per heavy atom. The zero-order valence-electron chi connectivity index (χ0n) is 11.0. The minimum absolute atomic E-state index is 0.0487. The number of aromatic nitrogens is 1. The summed E-state index contributed by atoms with van der Waals surface area (Å²) in [6.45, 7) is 4.00. The minimum atomic E-state index is -0.188. The van der Waals surface area contributed by atoms with Gasteiger partial charge in [-0.05, 0) is 31.5 Å². The number of anilines is 2. The molecule has 1 heterocycles. The quantitative estimate of drug-likeness (QED) is 0.825. The van der Waals surface area contributed by atoms with Gasteiger partial charge in [-0.15, -0.1) is 0 Å². The number of nitrogens with two attached hydrogens (primary N) is 1. The van der Waals surface area contributed by atoms with Gasteiger partial charge in [-0.25, -0.2) is 4.98 Å². The summed E-state index contributed by atoms with van der Waals surface area (Å²) >= 11 is 1.40. The van der Waals surface area contributed by atoms with Gasteiger partial charge in [0, 0.05) is 5.69 Å². The number of thiazole rings is 1. The molecular weight excluding hydrogens is 262 g/mol. The Balaban J connectivity index is 1.99. The first-order valence-corrected chi connectivity index (χ1v) is 6.97. The Morgan fingerprint density at radius 1 is 1.58 bits per heavy atom. The zero-order chi connectivity index (χ0) is 13.8. The van der Waals surface area contributed by atoms with Crippen molar-refractivity contribution in [3.05, 3.63) is 18.2 Å². The number of nitrogens with zero attached hydrogens (tertiary/aromatic N) is 1. The summed E-state index contributed by atoms with van der Waals surface area (Å²) in [5.41, 5.74) is 7.22. The number of fused-ring (bicyclic) bond motifs is 1. The van der Waals surface area contributed by atoms with Gasteiger partial charge in [0.25, 0.3) is 5.91 Å². The molecule has 0 saturated heterocycles. The van der Waals surface area contributed by atoms with Gasteiger partial charge >= 0.3 is 0 Å². The first-order valence-electron chi connectivity index (χ1n) is 6.16. The first-order chi connectivity index (χ1) is 9.08. The van der Waals surface area contributed by atoms with Gasteiger partial charge < -0.3 is 10.5 Å². The van der Waals surface area contributed by atoms with Gasteiger partial charge in [0.05, 0.1) is 16.3 Å². The van der Waals surface area contributed by atoms with E-state index in [1.165, 1.54) is 11.3 Å². The number of carbonyl (C=O) groups excluding carboxylic acids is 1. The van der Waals surface area contributed by atoms with Crippen molar-refractivity contribution in [3.8, 4) is 0 Å². The topological polar surface area (TPSA) is 77.2 Å². The Morgan fingerprint density at radius 2 is 2.37 bits per heavy atom. The van der Waals surface area contributed by atoms with E-state index in [1.54, 1.807) is 6.07 Å². The van der Waals surface area contributed by atoms with Gasteiger partial charge in [0.2, 0.25) is 0 Å². The monoisotopic (exact) mass is 279 g/mol. The van der Waals surface area contributed by atoms with Crippen molar-refractivity contribution in [1.29, 1.82) is 0 Å². The molecule has 19 heavy (non-hydrogen) atoms. The second-order valence-corrected chi connectivity index (χ2v) is 5.35. The molecular formula is C13H17N3O2S. The number of amides is 1. The van der Waals surface area contributed by atoms with E-state index in [4.69, 9.17) is 10.5 Å². The molecule has 0 fully saturated rings. The first kappa shape index (κ1) is 13.8. The smallest absolute Gasteiger partial charge is 0.252 e. The van der Waals surface area contributed by atoms with Crippen molar-refractivity contribution in [1.82, 2.24) is 4.98 Å². The normalized spacial score (nSPS) is 12.5. The van der Waals surface area contributed by atoms with E-state index in [0.29, 0.717) is 10.8 Å². The van der Waals surface area contributed by atoms with Crippen LogP contribution in [-0.2, 0) is 9.53 Å². The van der Waals surface area contributed by atoms with Crippen LogP contribution in [0.4, 0.5) is 10.8 Å². The summed E-state index contributed by atoms with van der Waals surface area (Å²) in [6, 6.07) is 5.48. The molecule has 6 heteroatoms. The van der Waals surface area contributed by atoms with E-state index in [-0.39, 0.29) is 18.6 Å². The maximum absolute atomic E-state index is 11.7. The maximum Gasteiger partial charge on any atom is 0.252 e. The Hall–Kier alpha value is -1.66. The molecule has 1 atom stereocenters. The molecule has 2 aromatic rings. The third-order valence-electron chi connectivity index (χ3n) is 2.73. The van der Waals surface area contributed by atoms with Crippen molar-refractivity contribution in [2.45, 2.75) is 26.4 Å². The molecule has 0 radical (unpaired) electrons. The van der Waals surface area contributed by atoms with Crippen LogP contribution in [0.5, 0.6) is 0 Å². The lowest BCUT2D eigenvalue weighted by molar-refractivity contribution is -0.122. The highest BCUT2D eigenvalue weighted by Gasteiger charge is 2.09. The average molecular weight is 279 g/mol. The number of carbonyl (C=O) groups is 1. The minimum Gasteiger partial charge on any atom is -0.399 e. The molecule has 0 saturated carbocycles. The second-order valence-electron chi connectivity index (χ2n) is 4.32. The van der Waals surface area contributed by atoms with Crippen LogP contribution in [0.25, 0.3) is 10.2 Å². The molecule has 0 aliphatic rings. The molecule has 0 spiro atoms. The van der Waals surface area contributed by atoms with Crippen LogP contribution in [-0.4, -0.2) is 23.6 Å². The molecule has 0 bridgehead atoms. The number of nitrogen functional groups attached to an aromatic ring is 1. The number of nitrogens with one attached hydrogen (secondary N) is 1. The summed E-state index contributed by atoms with van der Waals surface area (Å²) in [5, 5.41) is 3.30. The summed E-state index contributed by atoms with van der Waals surface area (Å²) in [7, 11) is 0. The molecule has 0 aliphatic carbocycles. The van der Waals surface area contributed by atoms with Crippen LogP contribution in [0.1, 0.15) is 20.3 Å². The van der Waals surface area contributed by atoms with E-state index >= 15 is 0 Å². The van der Waals surface area contributed by atoms with Gasteiger partial charge in [-0.1, -0.05) is 18.3 Å². The lowest BCUT2D eigenvalue weighted by atomic mass is 10.3. The van der Waals surface area contributed by atoms with Crippen LogP contribution in [0, 0.1) is 0 Å². The molecule has 0 aliphatic heterocycles. The van der Waals surface area contributed by atoms with Crippen molar-refractivity contribution < 1.29 is 9.53 Å². The summed E-state index contributed by atoms with van der Waals surface area (Å²) in [5.74, 6) is -0.188. The second kappa shape index (κ2) is 5.99. The zero-order valence-corrected chi connectivity index (χ0v) is 11.8. The molecule has 3 N–H and O–H groups in total. The van der Waals surface area contributed by atoms with Crippen LogP contribution in [0.3, 0.4) is 0 Å². The van der Waals surface area contributed by atoms with E-state index in [9.17, 15) is 4.79 Å². The summed E-state index contributed by atoms with van der Waals surface area (Å²) in [6.07, 6.45) is 0.967. The number of benzene rings is 1. The van der Waals surface area contributed by atoms with Crippen LogP contribution < -0.4 is 11.1 Å². The highest BCUT2D eigenvalue weighted by Crippen LogP contribution is 2.27. The molecule has 102 valence electrons. The van der Waals surface area contributed by atoms with Crippen LogP contribution in [0.15, 0.2) is 18.2 Å². The fourth-order valence-corrected chi connectivity index (χ4v) is 2.42. The molecule has 1 aromatic carbocycles. The molecule has 5 nitrogen and oxygen atoms in total. The third kappa shape index (κ3) is 3.65. The van der Waals surface area contributed by atoms with E-state index < -0.39 is 0 Å². The molecule has 1 aromatic heterocycles. The van der Waals surface area contributed by atoms with Gasteiger partial charge in [-0.2, -0.15) is 0 Å². The van der Waals surface area contributed by atoms with Gasteiger partial charge in [0.1, 0.15) is 6.61 Å². The summed E-state index contributed by atoms with van der Waals surface area (Å²) in [4.78, 5) is 16.0. The largest absolute Gasteiger partial charge is 0.399 e. The number of ether oxygens (including phenoxy) is 1. The predicted molar refractivity (Wildman–Crippen MR) is 78.4 cm³/mol. The standard InChI is InChI=1S/C13H17N3O2S/c1-3-8(2)18-7-12(17)16-13-15-10-5-4-9(14)6-11(10)19-13/h4-6,8H,3,7,14H2,1-2H3,(H,15,16,17). The van der Waals surface area contributed by atoms with Crippen LogP contribution >= 0.6 is 11.3 Å². The third-order valence-corrected chi connectivity index (χ3v) is 3.67. The van der Waals surface area contributed by atoms with Crippen LogP contribution in [0.2, 0.25) is 0 Å². The van der Waals surface area contributed by atoms with Crippen molar-refractivity contribution in [2.24, 2.45) is 0 Å². The van der Waals surface area contributed by atoms with Crippen molar-refractivity contribution in [2.75, 3.05) is 17.7 Å². The molecule has 1 amide bonds. The Labute approximate surface area is 115 Å². The van der Waals surface area contributed by atoms with Crippen molar-refractivity contribution in [3.63, 3.8) is 0 Å². The fraction of sp³-hybridized carbons (Fsp3) is 0.385. The lowest BCUT2D eigenvalue weighted by Gasteiger charge is -2.09. The fourth-order valence-electron chi connectivity index (χ4n) is 1.49. The highest BCUT2D eigenvalue weighted by atomic mass is 32.1. The number of hydrogen-bond acceptors (Lipinski definition) is 5. The highest BCUT2D eigenvalue weighted by molar-refractivity contribution is 7.22. The Bertz CT molecular complexity index is 582. The molecule has 2 rings (SSSR count). The van der Waals surface area contributed by atoms with Gasteiger partial charge in [-0.3, -0.25) is 10.1 Å². The van der Waals surface area contributed by atoms with E-state index in [2.05, 4.69) is 10.3 Å². The van der Waals surface area contributed by atoms with Gasteiger partial charge in [0.15, 0.2) is 5.13 Å². The van der Waals surface area contributed by atoms with E-state index in [0.717, 1.165) is 16.6 Å². The number of rotatable bonds is 5. The van der Waals surface area contributed by atoms with E-state index in [1.807, 2.05) is 26.0 Å². The number of hydrogen-bond donors (Lipinski definition) is 2. The lowest BCUT2D eigenvalue weighted by Crippen LogP contribution is -2.21. The predicted octanol–water partition coefficient (Wildman–Crippen LogP) is 2.63. The average Bonchev–Trinajstić information content (AvgIpc) is 2.77. The van der Waals surface area contributed by atoms with Crippen molar-refractivity contribution >= 4 is 38.3 Å². The SMILES string of the molecule is CCC(C)OCC(=O)Nc1nc2ccc(N)cc2s1. The summed E-state index contributed by atoms with van der Waals surface area (Å²) < 4.78 is 6.32. The molecule has 1 unspecified atom stereocenters. The Kier molecular flexibility index (Phi) is 4.34.